The Hall–Kier alpha value is -2.14. The van der Waals surface area contributed by atoms with Gasteiger partial charge in [-0.2, -0.15) is 5.10 Å². The number of carbonyl (C=O) groups is 1. The molecule has 0 aliphatic carbocycles. The largest absolute Gasteiger partial charge is 0.326 e. The van der Waals surface area contributed by atoms with Gasteiger partial charge in [-0.05, 0) is 45.2 Å². The van der Waals surface area contributed by atoms with E-state index in [0.717, 1.165) is 22.8 Å². The summed E-state index contributed by atoms with van der Waals surface area (Å²) in [5.74, 6) is -0.0674. The highest BCUT2D eigenvalue weighted by molar-refractivity contribution is 5.92. The molecule has 0 saturated heterocycles. The average molecular weight is 286 g/mol. The predicted molar refractivity (Wildman–Crippen MR) is 84.8 cm³/mol. The molecule has 2 aromatic rings. The lowest BCUT2D eigenvalue weighted by molar-refractivity contribution is -0.119. The fourth-order valence-electron chi connectivity index (χ4n) is 2.27. The van der Waals surface area contributed by atoms with Crippen LogP contribution in [0, 0.1) is 19.8 Å². The van der Waals surface area contributed by atoms with Crippen molar-refractivity contribution < 1.29 is 4.79 Å². The maximum Gasteiger partial charge on any atom is 0.228 e. The van der Waals surface area contributed by atoms with Gasteiger partial charge >= 0.3 is 0 Å². The molecule has 0 aliphatic heterocycles. The molecule has 2 rings (SSSR count). The first kappa shape index (κ1) is 15.3. The van der Waals surface area contributed by atoms with Crippen LogP contribution >= 0.6 is 0 Å². The Morgan fingerprint density at radius 3 is 2.71 bits per heavy atom. The quantitative estimate of drug-likeness (QED) is 0.886. The number of amides is 1. The minimum Gasteiger partial charge on any atom is -0.326 e. The molecule has 1 atom stereocenters. The number of aromatic nitrogens is 2. The zero-order valence-electron chi connectivity index (χ0n) is 13.0. The first-order chi connectivity index (χ1) is 10.0. The van der Waals surface area contributed by atoms with Gasteiger partial charge in [0.25, 0.3) is 0 Å². The smallest absolute Gasteiger partial charge is 0.228 e. The van der Waals surface area contributed by atoms with E-state index in [4.69, 9.17) is 0 Å². The molecule has 1 amide bonds. The minimum atomic E-state index is -0.0765. The number of benzene rings is 1. The van der Waals surface area contributed by atoms with Crippen LogP contribution in [0.25, 0.3) is 5.69 Å². The summed E-state index contributed by atoms with van der Waals surface area (Å²) in [5, 5.41) is 10.4. The topological polar surface area (TPSA) is 59.0 Å². The van der Waals surface area contributed by atoms with E-state index in [9.17, 15) is 4.79 Å². The number of hydrogen-bond acceptors (Lipinski definition) is 3. The highest BCUT2D eigenvalue weighted by Gasteiger charge is 2.12. The summed E-state index contributed by atoms with van der Waals surface area (Å²) >= 11 is 0. The van der Waals surface area contributed by atoms with Gasteiger partial charge in [-0.3, -0.25) is 4.79 Å². The van der Waals surface area contributed by atoms with E-state index in [0.29, 0.717) is 6.54 Å². The molecule has 0 spiro atoms. The second-order valence-corrected chi connectivity index (χ2v) is 5.34. The summed E-state index contributed by atoms with van der Waals surface area (Å²) in [6, 6.07) is 9.75. The molecule has 2 N–H and O–H groups in total. The molecule has 0 bridgehead atoms. The van der Waals surface area contributed by atoms with Crippen molar-refractivity contribution in [3.05, 3.63) is 41.7 Å². The predicted octanol–water partition coefficient (Wildman–Crippen LogP) is 2.28. The summed E-state index contributed by atoms with van der Waals surface area (Å²) in [6.07, 6.45) is 0. The fourth-order valence-corrected chi connectivity index (χ4v) is 2.27. The van der Waals surface area contributed by atoms with Gasteiger partial charge in [-0.25, -0.2) is 4.68 Å². The minimum absolute atomic E-state index is 0.00914. The third-order valence-electron chi connectivity index (χ3n) is 3.33. The molecule has 5 heteroatoms. The molecule has 0 aliphatic rings. The van der Waals surface area contributed by atoms with Crippen LogP contribution in [0.5, 0.6) is 0 Å². The van der Waals surface area contributed by atoms with Crippen LogP contribution in [0.15, 0.2) is 30.3 Å². The summed E-state index contributed by atoms with van der Waals surface area (Å²) in [7, 11) is 1.84. The number of nitrogens with zero attached hydrogens (tertiary/aromatic N) is 2. The standard InChI is InChI=1S/C16H22N4O/c1-11(10-17-4)16(21)18-14-6-5-7-15(9-14)20-13(3)8-12(2)19-20/h5-9,11,17H,10H2,1-4H3,(H,18,21). The normalized spacial score (nSPS) is 12.2. The number of nitrogens with one attached hydrogen (secondary N) is 2. The second kappa shape index (κ2) is 6.54. The van der Waals surface area contributed by atoms with Crippen molar-refractivity contribution in [2.45, 2.75) is 20.8 Å². The molecular weight excluding hydrogens is 264 g/mol. The van der Waals surface area contributed by atoms with Gasteiger partial charge in [0.1, 0.15) is 0 Å². The van der Waals surface area contributed by atoms with Crippen molar-refractivity contribution in [3.8, 4) is 5.69 Å². The van der Waals surface area contributed by atoms with Crippen LogP contribution in [0.2, 0.25) is 0 Å². The van der Waals surface area contributed by atoms with Gasteiger partial charge in [0.05, 0.1) is 11.4 Å². The number of rotatable bonds is 5. The Bertz CT molecular complexity index is 633. The van der Waals surface area contributed by atoms with Crippen molar-refractivity contribution >= 4 is 11.6 Å². The number of aryl methyl sites for hydroxylation is 2. The van der Waals surface area contributed by atoms with E-state index in [1.165, 1.54) is 0 Å². The zero-order chi connectivity index (χ0) is 15.4. The summed E-state index contributed by atoms with van der Waals surface area (Å²) in [4.78, 5) is 12.0. The fraction of sp³-hybridized carbons (Fsp3) is 0.375. The molecule has 1 aromatic heterocycles. The molecule has 1 heterocycles. The lowest BCUT2D eigenvalue weighted by Gasteiger charge is -2.12. The molecular formula is C16H22N4O. The van der Waals surface area contributed by atoms with Gasteiger partial charge in [0.2, 0.25) is 5.91 Å². The molecule has 112 valence electrons. The van der Waals surface area contributed by atoms with Gasteiger partial charge in [-0.1, -0.05) is 13.0 Å². The number of anilines is 1. The van der Waals surface area contributed by atoms with Gasteiger partial charge in [0.15, 0.2) is 0 Å². The number of carbonyl (C=O) groups excluding carboxylic acids is 1. The first-order valence-electron chi connectivity index (χ1n) is 7.10. The lowest BCUT2D eigenvalue weighted by Crippen LogP contribution is -2.28. The summed E-state index contributed by atoms with van der Waals surface area (Å²) in [5.41, 5.74) is 3.77. The maximum absolute atomic E-state index is 12.0. The molecule has 21 heavy (non-hydrogen) atoms. The molecule has 0 saturated carbocycles. The SMILES string of the molecule is CNCC(C)C(=O)Nc1cccc(-n2nc(C)cc2C)c1. The Morgan fingerprint density at radius 1 is 1.33 bits per heavy atom. The third-order valence-corrected chi connectivity index (χ3v) is 3.33. The van der Waals surface area contributed by atoms with Crippen LogP contribution in [0.4, 0.5) is 5.69 Å². The highest BCUT2D eigenvalue weighted by Crippen LogP contribution is 2.17. The maximum atomic E-state index is 12.0. The molecule has 5 nitrogen and oxygen atoms in total. The molecule has 1 unspecified atom stereocenters. The highest BCUT2D eigenvalue weighted by atomic mass is 16.1. The van der Waals surface area contributed by atoms with E-state index < -0.39 is 0 Å². The first-order valence-corrected chi connectivity index (χ1v) is 7.10. The Labute approximate surface area is 125 Å². The lowest BCUT2D eigenvalue weighted by atomic mass is 10.1. The van der Waals surface area contributed by atoms with Crippen LogP contribution in [0.3, 0.4) is 0 Å². The van der Waals surface area contributed by atoms with Crippen LogP contribution in [0.1, 0.15) is 18.3 Å². The van der Waals surface area contributed by atoms with Crippen molar-refractivity contribution in [1.82, 2.24) is 15.1 Å². The molecule has 0 radical (unpaired) electrons. The van der Waals surface area contributed by atoms with Gasteiger partial charge < -0.3 is 10.6 Å². The molecule has 0 fully saturated rings. The van der Waals surface area contributed by atoms with E-state index >= 15 is 0 Å². The van der Waals surface area contributed by atoms with Gasteiger partial charge in [0, 0.05) is 23.8 Å². The summed E-state index contributed by atoms with van der Waals surface area (Å²) < 4.78 is 1.88. The van der Waals surface area contributed by atoms with Crippen LogP contribution < -0.4 is 10.6 Å². The average Bonchev–Trinajstić information content (AvgIpc) is 2.78. The van der Waals surface area contributed by atoms with Gasteiger partial charge in [-0.15, -0.1) is 0 Å². The Balaban J connectivity index is 2.18. The Morgan fingerprint density at radius 2 is 2.10 bits per heavy atom. The molecule has 1 aromatic carbocycles. The third kappa shape index (κ3) is 3.70. The summed E-state index contributed by atoms with van der Waals surface area (Å²) in [6.45, 7) is 6.54. The zero-order valence-corrected chi connectivity index (χ0v) is 13.0. The van der Waals surface area contributed by atoms with Crippen molar-refractivity contribution in [2.75, 3.05) is 18.9 Å². The van der Waals surface area contributed by atoms with Crippen molar-refractivity contribution in [1.29, 1.82) is 0 Å². The van der Waals surface area contributed by atoms with E-state index in [2.05, 4.69) is 15.7 Å². The number of hydrogen-bond donors (Lipinski definition) is 2. The Kier molecular flexibility index (Phi) is 4.75. The van der Waals surface area contributed by atoms with E-state index in [-0.39, 0.29) is 11.8 Å². The van der Waals surface area contributed by atoms with Crippen LogP contribution in [-0.2, 0) is 4.79 Å². The van der Waals surface area contributed by atoms with E-state index in [1.807, 2.05) is 62.8 Å². The van der Waals surface area contributed by atoms with Crippen molar-refractivity contribution in [3.63, 3.8) is 0 Å². The monoisotopic (exact) mass is 286 g/mol. The second-order valence-electron chi connectivity index (χ2n) is 5.34. The van der Waals surface area contributed by atoms with E-state index in [1.54, 1.807) is 0 Å². The van der Waals surface area contributed by atoms with Crippen LogP contribution in [-0.4, -0.2) is 29.3 Å². The van der Waals surface area contributed by atoms with Crippen molar-refractivity contribution in [2.24, 2.45) is 5.92 Å².